The van der Waals surface area contributed by atoms with Gasteiger partial charge in [-0.15, -0.1) is 0 Å². The molecule has 4 rings (SSSR count). The number of benzene rings is 2. The standard InChI is InChI=1S/C25H24F3N3O5/c1-13(32)31-18-12-14(25(26,27)28)10-11-15(18)19(33)20(31)24(29-22(35)36-23(2,3)4)16-8-6-7-9-17(16)30(5)21(24)34/h6-12,20H,1-5H3,(H,29,35)/t20?,24-/m0/s1. The molecule has 0 fully saturated rings. The molecule has 2 aliphatic heterocycles. The minimum atomic E-state index is -4.74. The molecule has 2 aromatic carbocycles. The molecular formula is C25H24F3N3O5. The van der Waals surface area contributed by atoms with Crippen LogP contribution in [0.5, 0.6) is 0 Å². The van der Waals surface area contributed by atoms with Crippen LogP contribution >= 0.6 is 0 Å². The van der Waals surface area contributed by atoms with Crippen molar-refractivity contribution in [2.75, 3.05) is 16.8 Å². The third kappa shape index (κ3) is 3.78. The molecule has 0 saturated heterocycles. The molecule has 0 spiro atoms. The first-order valence-electron chi connectivity index (χ1n) is 11.0. The highest BCUT2D eigenvalue weighted by molar-refractivity contribution is 6.23. The Morgan fingerprint density at radius 3 is 2.25 bits per heavy atom. The molecule has 36 heavy (non-hydrogen) atoms. The van der Waals surface area contributed by atoms with E-state index >= 15 is 0 Å². The zero-order valence-electron chi connectivity index (χ0n) is 20.2. The Hall–Kier alpha value is -3.89. The van der Waals surface area contributed by atoms with Crippen molar-refractivity contribution in [2.24, 2.45) is 0 Å². The number of fused-ring (bicyclic) bond motifs is 2. The van der Waals surface area contributed by atoms with Crippen molar-refractivity contribution in [3.05, 3.63) is 59.2 Å². The van der Waals surface area contributed by atoms with Crippen molar-refractivity contribution in [3.8, 4) is 0 Å². The predicted molar refractivity (Wildman–Crippen MR) is 124 cm³/mol. The number of ether oxygens (including phenoxy) is 1. The molecule has 2 heterocycles. The summed E-state index contributed by atoms with van der Waals surface area (Å²) in [6.07, 6.45) is -5.77. The highest BCUT2D eigenvalue weighted by atomic mass is 19.4. The van der Waals surface area contributed by atoms with Gasteiger partial charge < -0.3 is 15.0 Å². The normalized spacial score (nSPS) is 21.4. The number of halogens is 3. The maximum absolute atomic E-state index is 13.8. The molecule has 1 N–H and O–H groups in total. The molecule has 1 unspecified atom stereocenters. The van der Waals surface area contributed by atoms with Crippen molar-refractivity contribution < 1.29 is 37.1 Å². The molecule has 0 aromatic heterocycles. The summed E-state index contributed by atoms with van der Waals surface area (Å²) in [5.74, 6) is -2.32. The molecule has 2 aromatic rings. The smallest absolute Gasteiger partial charge is 0.416 e. The summed E-state index contributed by atoms with van der Waals surface area (Å²) in [6, 6.07) is 7.07. The minimum Gasteiger partial charge on any atom is -0.444 e. The topological polar surface area (TPSA) is 96.0 Å². The minimum absolute atomic E-state index is 0.173. The number of anilines is 2. The lowest BCUT2D eigenvalue weighted by Gasteiger charge is -2.38. The van der Waals surface area contributed by atoms with Crippen LogP contribution in [0.25, 0.3) is 0 Å². The number of carbonyl (C=O) groups excluding carboxylic acids is 4. The van der Waals surface area contributed by atoms with E-state index in [2.05, 4.69) is 5.32 Å². The fraction of sp³-hybridized carbons (Fsp3) is 0.360. The quantitative estimate of drug-likeness (QED) is 0.668. The Morgan fingerprint density at radius 2 is 1.67 bits per heavy atom. The molecule has 190 valence electrons. The maximum Gasteiger partial charge on any atom is 0.416 e. The molecule has 0 saturated carbocycles. The van der Waals surface area contributed by atoms with E-state index in [0.29, 0.717) is 11.8 Å². The van der Waals surface area contributed by atoms with E-state index in [1.807, 2.05) is 0 Å². The zero-order valence-corrected chi connectivity index (χ0v) is 20.2. The van der Waals surface area contributed by atoms with Crippen molar-refractivity contribution in [2.45, 2.75) is 51.1 Å². The molecule has 8 nitrogen and oxygen atoms in total. The van der Waals surface area contributed by atoms with Crippen molar-refractivity contribution in [1.82, 2.24) is 5.32 Å². The van der Waals surface area contributed by atoms with Gasteiger partial charge in [-0.3, -0.25) is 19.3 Å². The fourth-order valence-electron chi connectivity index (χ4n) is 4.77. The first-order valence-corrected chi connectivity index (χ1v) is 11.0. The van der Waals surface area contributed by atoms with Crippen LogP contribution in [0.1, 0.15) is 49.2 Å². The Labute approximate surface area is 205 Å². The number of likely N-dealkylation sites (N-methyl/N-ethyl adjacent to an activating group) is 1. The van der Waals surface area contributed by atoms with Gasteiger partial charge in [0, 0.05) is 30.8 Å². The Balaban J connectivity index is 1.97. The molecule has 0 bridgehead atoms. The Kier molecular flexibility index (Phi) is 5.65. The van der Waals surface area contributed by atoms with Gasteiger partial charge in [-0.1, -0.05) is 18.2 Å². The number of rotatable bonds is 2. The molecule has 3 amide bonds. The van der Waals surface area contributed by atoms with Gasteiger partial charge in [0.1, 0.15) is 11.6 Å². The van der Waals surface area contributed by atoms with Crippen LogP contribution in [-0.2, 0) is 26.0 Å². The number of nitrogens with one attached hydrogen (secondary N) is 1. The van der Waals surface area contributed by atoms with Crippen LogP contribution in [0.3, 0.4) is 0 Å². The van der Waals surface area contributed by atoms with E-state index in [0.717, 1.165) is 24.0 Å². The molecule has 0 aliphatic carbocycles. The monoisotopic (exact) mass is 503 g/mol. The van der Waals surface area contributed by atoms with Gasteiger partial charge in [-0.05, 0) is 45.0 Å². The van der Waals surface area contributed by atoms with E-state index in [4.69, 9.17) is 4.74 Å². The Bertz CT molecular complexity index is 1300. The van der Waals surface area contributed by atoms with Crippen LogP contribution in [0.15, 0.2) is 42.5 Å². The van der Waals surface area contributed by atoms with Gasteiger partial charge in [-0.25, -0.2) is 4.79 Å². The SMILES string of the molecule is CC(=O)N1c2cc(C(F)(F)F)ccc2C(=O)C1[C@]1(NC(=O)OC(C)(C)C)C(=O)N(C)c2ccccc21. The van der Waals surface area contributed by atoms with Crippen LogP contribution < -0.4 is 15.1 Å². The highest BCUT2D eigenvalue weighted by Crippen LogP contribution is 2.49. The van der Waals surface area contributed by atoms with E-state index < -0.39 is 52.6 Å². The second kappa shape index (κ2) is 8.07. The number of para-hydroxylation sites is 1. The van der Waals surface area contributed by atoms with Gasteiger partial charge in [0.2, 0.25) is 5.91 Å². The molecule has 2 aliphatic rings. The van der Waals surface area contributed by atoms with Gasteiger partial charge in [0.25, 0.3) is 5.91 Å². The number of alkyl carbamates (subject to hydrolysis) is 1. The van der Waals surface area contributed by atoms with Gasteiger partial charge >= 0.3 is 12.3 Å². The number of nitrogens with zero attached hydrogens (tertiary/aromatic N) is 2. The van der Waals surface area contributed by atoms with Crippen LogP contribution in [0, 0.1) is 0 Å². The summed E-state index contributed by atoms with van der Waals surface area (Å²) in [4.78, 5) is 55.6. The average molecular weight is 503 g/mol. The first-order chi connectivity index (χ1) is 16.6. The van der Waals surface area contributed by atoms with Crippen molar-refractivity contribution >= 4 is 35.1 Å². The zero-order chi connectivity index (χ0) is 26.8. The van der Waals surface area contributed by atoms with E-state index in [-0.39, 0.29) is 16.8 Å². The van der Waals surface area contributed by atoms with E-state index in [1.165, 1.54) is 18.0 Å². The number of carbonyl (C=O) groups is 4. The lowest BCUT2D eigenvalue weighted by Crippen LogP contribution is -2.66. The average Bonchev–Trinajstić information content (AvgIpc) is 3.17. The van der Waals surface area contributed by atoms with Crippen molar-refractivity contribution in [1.29, 1.82) is 0 Å². The third-order valence-corrected chi connectivity index (χ3v) is 6.14. The van der Waals surface area contributed by atoms with E-state index in [1.54, 1.807) is 39.0 Å². The number of hydrogen-bond donors (Lipinski definition) is 1. The summed E-state index contributed by atoms with van der Waals surface area (Å²) in [5, 5.41) is 2.53. The largest absolute Gasteiger partial charge is 0.444 e. The molecule has 2 atom stereocenters. The summed E-state index contributed by atoms with van der Waals surface area (Å²) < 4.78 is 45.8. The van der Waals surface area contributed by atoms with Gasteiger partial charge in [-0.2, -0.15) is 13.2 Å². The third-order valence-electron chi connectivity index (χ3n) is 6.14. The summed E-state index contributed by atoms with van der Waals surface area (Å²) in [6.45, 7) is 5.89. The predicted octanol–water partition coefficient (Wildman–Crippen LogP) is 4.02. The summed E-state index contributed by atoms with van der Waals surface area (Å²) >= 11 is 0. The Morgan fingerprint density at radius 1 is 1.03 bits per heavy atom. The molecular weight excluding hydrogens is 479 g/mol. The van der Waals surface area contributed by atoms with Crippen LogP contribution in [0.4, 0.5) is 29.3 Å². The first kappa shape index (κ1) is 25.2. The van der Waals surface area contributed by atoms with Crippen molar-refractivity contribution in [3.63, 3.8) is 0 Å². The van der Waals surface area contributed by atoms with E-state index in [9.17, 15) is 32.3 Å². The molecule has 11 heteroatoms. The summed E-state index contributed by atoms with van der Waals surface area (Å²) in [7, 11) is 1.44. The lowest BCUT2D eigenvalue weighted by molar-refractivity contribution is -0.137. The number of hydrogen-bond acceptors (Lipinski definition) is 5. The fourth-order valence-corrected chi connectivity index (χ4v) is 4.77. The highest BCUT2D eigenvalue weighted by Gasteiger charge is 2.63. The maximum atomic E-state index is 13.8. The number of amides is 3. The van der Waals surface area contributed by atoms with Crippen LogP contribution in [0.2, 0.25) is 0 Å². The summed E-state index contributed by atoms with van der Waals surface area (Å²) in [5.41, 5.74) is -4.09. The van der Waals surface area contributed by atoms with Gasteiger partial charge in [0.05, 0.1) is 11.3 Å². The second-order valence-electron chi connectivity index (χ2n) is 9.70. The number of ketones is 1. The second-order valence-corrected chi connectivity index (χ2v) is 9.70. The number of Topliss-reactive ketones (excluding diaryl/α,β-unsaturated/α-hetero) is 1. The number of alkyl halides is 3. The lowest BCUT2D eigenvalue weighted by atomic mass is 9.81. The molecule has 0 radical (unpaired) electrons. The van der Waals surface area contributed by atoms with Crippen LogP contribution in [-0.4, -0.2) is 42.4 Å². The van der Waals surface area contributed by atoms with Gasteiger partial charge in [0.15, 0.2) is 11.3 Å².